The molecule has 3 aliphatic rings. The first-order chi connectivity index (χ1) is 15.7. The molecule has 3 aliphatic heterocycles. The minimum absolute atomic E-state index is 0.0530. The lowest BCUT2D eigenvalue weighted by Gasteiger charge is -2.34. The van der Waals surface area contributed by atoms with Crippen LogP contribution < -0.4 is 4.90 Å². The minimum Gasteiger partial charge on any atom is -0.367 e. The molecule has 0 aliphatic carbocycles. The van der Waals surface area contributed by atoms with E-state index in [0.29, 0.717) is 12.1 Å². The molecule has 0 saturated carbocycles. The van der Waals surface area contributed by atoms with Crippen LogP contribution in [0.4, 0.5) is 5.69 Å². The van der Waals surface area contributed by atoms with Crippen LogP contribution in [0, 0.1) is 22.7 Å². The molecule has 5 rings (SSSR count). The van der Waals surface area contributed by atoms with Crippen molar-refractivity contribution in [2.75, 3.05) is 18.0 Å². The van der Waals surface area contributed by atoms with Gasteiger partial charge in [0.15, 0.2) is 11.4 Å². The summed E-state index contributed by atoms with van der Waals surface area (Å²) in [5.41, 5.74) is 7.59. The molecule has 0 amide bonds. The van der Waals surface area contributed by atoms with Gasteiger partial charge in [0, 0.05) is 30.9 Å². The van der Waals surface area contributed by atoms with Crippen LogP contribution in [-0.4, -0.2) is 24.5 Å². The highest BCUT2D eigenvalue weighted by molar-refractivity contribution is 6.18. The van der Waals surface area contributed by atoms with Crippen LogP contribution in [0.1, 0.15) is 35.1 Å². The van der Waals surface area contributed by atoms with Gasteiger partial charge in [-0.05, 0) is 53.3 Å². The molecule has 2 aromatic carbocycles. The second-order valence-electron chi connectivity index (χ2n) is 8.03. The van der Waals surface area contributed by atoms with Crippen molar-refractivity contribution in [3.8, 4) is 12.1 Å². The third kappa shape index (κ3) is 3.77. The van der Waals surface area contributed by atoms with Crippen LogP contribution in [0.15, 0.2) is 76.0 Å². The van der Waals surface area contributed by atoms with Gasteiger partial charge in [-0.15, -0.1) is 0 Å². The summed E-state index contributed by atoms with van der Waals surface area (Å²) in [5.74, 6) is 0. The van der Waals surface area contributed by atoms with E-state index in [-0.39, 0.29) is 11.4 Å². The van der Waals surface area contributed by atoms with Crippen LogP contribution in [-0.2, 0) is 6.42 Å². The van der Waals surface area contributed by atoms with Gasteiger partial charge in [0.2, 0.25) is 0 Å². The molecule has 0 unspecified atom stereocenters. The van der Waals surface area contributed by atoms with E-state index in [2.05, 4.69) is 39.2 Å². The Bertz CT molecular complexity index is 1310. The van der Waals surface area contributed by atoms with Gasteiger partial charge in [0.1, 0.15) is 12.1 Å². The number of aryl methyl sites for hydroxylation is 1. The monoisotopic (exact) mass is 415 g/mol. The molecule has 0 radical (unpaired) electrons. The fourth-order valence-corrected chi connectivity index (χ4v) is 4.48. The molecule has 0 fully saturated rings. The fourth-order valence-electron chi connectivity index (χ4n) is 4.48. The molecule has 5 nitrogen and oxygen atoms in total. The summed E-state index contributed by atoms with van der Waals surface area (Å²) in [6.07, 6.45) is 11.1. The molecule has 5 heteroatoms. The number of anilines is 1. The maximum atomic E-state index is 9.54. The summed E-state index contributed by atoms with van der Waals surface area (Å²) >= 11 is 0. The van der Waals surface area contributed by atoms with Crippen molar-refractivity contribution in [2.24, 2.45) is 9.98 Å². The lowest BCUT2D eigenvalue weighted by molar-refractivity contribution is 0.718. The second-order valence-corrected chi connectivity index (χ2v) is 8.03. The Kier molecular flexibility index (Phi) is 5.24. The highest BCUT2D eigenvalue weighted by atomic mass is 15.1. The van der Waals surface area contributed by atoms with Crippen LogP contribution in [0.25, 0.3) is 12.2 Å². The number of rotatable bonds is 3. The number of hydrogen-bond donors (Lipinski definition) is 0. The van der Waals surface area contributed by atoms with Crippen LogP contribution >= 0.6 is 0 Å². The van der Waals surface area contributed by atoms with Gasteiger partial charge in [-0.1, -0.05) is 48.6 Å². The number of nitriles is 2. The Morgan fingerprint density at radius 2 is 1.78 bits per heavy atom. The zero-order chi connectivity index (χ0) is 21.9. The van der Waals surface area contributed by atoms with Crippen molar-refractivity contribution in [1.29, 1.82) is 10.5 Å². The number of allylic oxidation sites excluding steroid dienone is 3. The van der Waals surface area contributed by atoms with E-state index < -0.39 is 0 Å². The molecular weight excluding hydrogens is 394 g/mol. The van der Waals surface area contributed by atoms with Crippen LogP contribution in [0.3, 0.4) is 0 Å². The molecule has 3 heterocycles. The summed E-state index contributed by atoms with van der Waals surface area (Å²) in [6, 6.07) is 18.2. The summed E-state index contributed by atoms with van der Waals surface area (Å²) in [4.78, 5) is 11.4. The normalized spacial score (nSPS) is 17.2. The average Bonchev–Trinajstić information content (AvgIpc) is 3.03. The van der Waals surface area contributed by atoms with E-state index in [1.807, 2.05) is 54.6 Å². The smallest absolute Gasteiger partial charge is 0.177 e. The zero-order valence-corrected chi connectivity index (χ0v) is 17.6. The Labute approximate surface area is 187 Å². The predicted octanol–water partition coefficient (Wildman–Crippen LogP) is 5.07. The average molecular weight is 416 g/mol. The fraction of sp³-hybridized carbons (Fsp3) is 0.185. The maximum Gasteiger partial charge on any atom is 0.177 e. The number of aliphatic imine (C=N–C) groups is 2. The van der Waals surface area contributed by atoms with Gasteiger partial charge in [0.25, 0.3) is 0 Å². The van der Waals surface area contributed by atoms with Crippen molar-refractivity contribution in [2.45, 2.75) is 19.3 Å². The molecule has 154 valence electrons. The highest BCUT2D eigenvalue weighted by Crippen LogP contribution is 2.35. The predicted molar refractivity (Wildman–Crippen MR) is 128 cm³/mol. The molecule has 0 bridgehead atoms. The Balaban J connectivity index is 1.51. The Morgan fingerprint density at radius 1 is 0.969 bits per heavy atom. The van der Waals surface area contributed by atoms with Crippen molar-refractivity contribution in [1.82, 2.24) is 0 Å². The first-order valence-electron chi connectivity index (χ1n) is 10.8. The van der Waals surface area contributed by atoms with Crippen LogP contribution in [0.5, 0.6) is 0 Å². The number of hydrogen-bond acceptors (Lipinski definition) is 5. The molecule has 0 aromatic heterocycles. The van der Waals surface area contributed by atoms with Gasteiger partial charge in [-0.25, -0.2) is 9.98 Å². The SMILES string of the molecule is N#CC1=C(C#N)N=C(c2ccccc2)CC(/C=C/c2cc3c4c(c2)CCCN4CC=C3)=N1. The van der Waals surface area contributed by atoms with Crippen molar-refractivity contribution in [3.63, 3.8) is 0 Å². The number of nitrogens with zero attached hydrogens (tertiary/aromatic N) is 5. The minimum atomic E-state index is 0.0530. The summed E-state index contributed by atoms with van der Waals surface area (Å²) in [5, 5.41) is 19.0. The molecule has 32 heavy (non-hydrogen) atoms. The molecule has 0 N–H and O–H groups in total. The van der Waals surface area contributed by atoms with Crippen molar-refractivity contribution < 1.29 is 0 Å². The van der Waals surface area contributed by atoms with E-state index in [1.165, 1.54) is 23.2 Å². The Hall–Kier alpha value is -4.22. The summed E-state index contributed by atoms with van der Waals surface area (Å²) in [6.45, 7) is 2.10. The topological polar surface area (TPSA) is 75.5 Å². The lowest BCUT2D eigenvalue weighted by Crippen LogP contribution is -2.31. The zero-order valence-electron chi connectivity index (χ0n) is 17.6. The van der Waals surface area contributed by atoms with Crippen molar-refractivity contribution in [3.05, 3.63) is 88.3 Å². The van der Waals surface area contributed by atoms with Gasteiger partial charge in [-0.2, -0.15) is 10.5 Å². The van der Waals surface area contributed by atoms with E-state index in [1.54, 1.807) is 0 Å². The Morgan fingerprint density at radius 3 is 2.59 bits per heavy atom. The first-order valence-corrected chi connectivity index (χ1v) is 10.8. The summed E-state index contributed by atoms with van der Waals surface area (Å²) in [7, 11) is 0. The van der Waals surface area contributed by atoms with Gasteiger partial charge in [0.05, 0.1) is 5.71 Å². The highest BCUT2D eigenvalue weighted by Gasteiger charge is 2.21. The van der Waals surface area contributed by atoms with Crippen LogP contribution in [0.2, 0.25) is 0 Å². The third-order valence-corrected chi connectivity index (χ3v) is 5.92. The first kappa shape index (κ1) is 19.7. The molecule has 0 saturated heterocycles. The standard InChI is InChI=1S/C27H21N5/c28-17-25-26(18-29)31-24(20-6-2-1-3-7-20)16-23(30-25)11-10-19-14-21-8-4-12-32-13-5-9-22(15-19)27(21)32/h1-4,6-8,10-11,14-15H,5,9,12-13,16H2/b11-10+. The lowest BCUT2D eigenvalue weighted by atomic mass is 9.92. The van der Waals surface area contributed by atoms with Crippen molar-refractivity contribution >= 4 is 29.3 Å². The molecule has 0 spiro atoms. The van der Waals surface area contributed by atoms with E-state index in [4.69, 9.17) is 0 Å². The maximum absolute atomic E-state index is 9.54. The molecule has 0 atom stereocenters. The summed E-state index contributed by atoms with van der Waals surface area (Å²) < 4.78 is 0. The van der Waals surface area contributed by atoms with Gasteiger partial charge in [-0.3, -0.25) is 0 Å². The number of benzene rings is 2. The van der Waals surface area contributed by atoms with Gasteiger partial charge >= 0.3 is 0 Å². The quantitative estimate of drug-likeness (QED) is 0.702. The van der Waals surface area contributed by atoms with E-state index in [0.717, 1.165) is 36.3 Å². The van der Waals surface area contributed by atoms with E-state index >= 15 is 0 Å². The largest absolute Gasteiger partial charge is 0.367 e. The second kappa shape index (κ2) is 8.49. The molecule has 2 aromatic rings. The third-order valence-electron chi connectivity index (χ3n) is 5.92. The van der Waals surface area contributed by atoms with Gasteiger partial charge < -0.3 is 4.90 Å². The van der Waals surface area contributed by atoms with E-state index in [9.17, 15) is 10.5 Å². The molecular formula is C27H21N5.